The Morgan fingerprint density at radius 2 is 1.79 bits per heavy atom. The van der Waals surface area contributed by atoms with Gasteiger partial charge in [-0.2, -0.15) is 4.31 Å². The predicted molar refractivity (Wildman–Crippen MR) is 110 cm³/mol. The molecule has 0 aromatic heterocycles. The van der Waals surface area contributed by atoms with Crippen LogP contribution in [0.15, 0.2) is 41.3 Å². The van der Waals surface area contributed by atoms with E-state index in [1.54, 1.807) is 39.1 Å². The van der Waals surface area contributed by atoms with Crippen LogP contribution in [0.25, 0.3) is 0 Å². The van der Waals surface area contributed by atoms with E-state index in [4.69, 9.17) is 0 Å². The second-order valence-corrected chi connectivity index (χ2v) is 9.61. The van der Waals surface area contributed by atoms with E-state index in [2.05, 4.69) is 0 Å². The van der Waals surface area contributed by atoms with Crippen molar-refractivity contribution in [3.05, 3.63) is 64.5 Å². The van der Waals surface area contributed by atoms with Gasteiger partial charge in [-0.05, 0) is 50.8 Å². The van der Waals surface area contributed by atoms with Gasteiger partial charge in [0.25, 0.3) is 0 Å². The highest BCUT2D eigenvalue weighted by atomic mass is 32.2. The average Bonchev–Trinajstić information content (AvgIpc) is 3.12. The summed E-state index contributed by atoms with van der Waals surface area (Å²) in [6.45, 7) is 5.89. The minimum absolute atomic E-state index is 0.0957. The van der Waals surface area contributed by atoms with Crippen LogP contribution in [0.1, 0.15) is 35.1 Å². The molecule has 1 saturated heterocycles. The van der Waals surface area contributed by atoms with E-state index >= 15 is 0 Å². The van der Waals surface area contributed by atoms with Crippen LogP contribution in [-0.2, 0) is 21.4 Å². The van der Waals surface area contributed by atoms with Gasteiger partial charge in [-0.15, -0.1) is 0 Å². The Morgan fingerprint density at radius 1 is 1.17 bits per heavy atom. The lowest BCUT2D eigenvalue weighted by atomic mass is 10.1. The summed E-state index contributed by atoms with van der Waals surface area (Å²) >= 11 is 0. The van der Waals surface area contributed by atoms with E-state index in [-0.39, 0.29) is 23.2 Å². The molecule has 0 radical (unpaired) electrons. The van der Waals surface area contributed by atoms with Crippen molar-refractivity contribution in [3.63, 3.8) is 0 Å². The molecule has 156 valence electrons. The quantitative estimate of drug-likeness (QED) is 0.746. The number of sulfonamides is 1. The Bertz CT molecular complexity index is 1010. The summed E-state index contributed by atoms with van der Waals surface area (Å²) in [5.74, 6) is -0.689. The number of hydrogen-bond acceptors (Lipinski definition) is 3. The zero-order chi connectivity index (χ0) is 21.3. The van der Waals surface area contributed by atoms with Gasteiger partial charge in [-0.1, -0.05) is 35.9 Å². The Kier molecular flexibility index (Phi) is 6.10. The molecule has 5 nitrogen and oxygen atoms in total. The molecule has 1 aliphatic heterocycles. The van der Waals surface area contributed by atoms with E-state index in [1.165, 1.54) is 15.3 Å². The third-order valence-electron chi connectivity index (χ3n) is 5.40. The highest BCUT2D eigenvalue weighted by molar-refractivity contribution is 7.89. The Balaban J connectivity index is 1.87. The topological polar surface area (TPSA) is 57.7 Å². The van der Waals surface area contributed by atoms with Crippen molar-refractivity contribution >= 4 is 15.9 Å². The van der Waals surface area contributed by atoms with Gasteiger partial charge < -0.3 is 4.90 Å². The monoisotopic (exact) mass is 418 g/mol. The van der Waals surface area contributed by atoms with Crippen molar-refractivity contribution in [3.8, 4) is 0 Å². The predicted octanol–water partition coefficient (Wildman–Crippen LogP) is 3.56. The van der Waals surface area contributed by atoms with E-state index in [9.17, 15) is 17.6 Å². The first kappa shape index (κ1) is 21.5. The molecule has 0 spiro atoms. The number of amides is 1. The second kappa shape index (κ2) is 8.24. The number of carbonyl (C=O) groups excluding carboxylic acids is 1. The van der Waals surface area contributed by atoms with Crippen LogP contribution in [0.3, 0.4) is 0 Å². The fourth-order valence-corrected chi connectivity index (χ4v) is 6.25. The molecule has 2 aromatic carbocycles. The van der Waals surface area contributed by atoms with Gasteiger partial charge >= 0.3 is 0 Å². The van der Waals surface area contributed by atoms with Crippen molar-refractivity contribution in [1.29, 1.82) is 0 Å². The van der Waals surface area contributed by atoms with Crippen molar-refractivity contribution in [2.45, 2.75) is 51.1 Å². The van der Waals surface area contributed by atoms with Crippen LogP contribution in [-0.4, -0.2) is 43.2 Å². The molecule has 1 unspecified atom stereocenters. The highest BCUT2D eigenvalue weighted by Gasteiger charge is 2.41. The van der Waals surface area contributed by atoms with Crippen molar-refractivity contribution in [1.82, 2.24) is 9.21 Å². The normalized spacial score (nSPS) is 17.5. The van der Waals surface area contributed by atoms with E-state index in [0.29, 0.717) is 36.1 Å². The van der Waals surface area contributed by atoms with Crippen LogP contribution in [0.2, 0.25) is 0 Å². The fourth-order valence-electron chi connectivity index (χ4n) is 4.18. The number of halogens is 1. The molecule has 0 aliphatic carbocycles. The summed E-state index contributed by atoms with van der Waals surface area (Å²) < 4.78 is 42.1. The number of likely N-dealkylation sites (N-methyl/N-ethyl adjacent to an activating group) is 1. The lowest BCUT2D eigenvalue weighted by Gasteiger charge is -2.28. The van der Waals surface area contributed by atoms with Crippen molar-refractivity contribution < 1.29 is 17.6 Å². The zero-order valence-electron chi connectivity index (χ0n) is 17.3. The summed E-state index contributed by atoms with van der Waals surface area (Å²) in [4.78, 5) is 14.8. The maximum atomic E-state index is 14.0. The first-order chi connectivity index (χ1) is 13.6. The number of benzene rings is 2. The average molecular weight is 419 g/mol. The second-order valence-electron chi connectivity index (χ2n) is 7.79. The molecule has 1 aliphatic rings. The number of rotatable bonds is 5. The van der Waals surface area contributed by atoms with Crippen molar-refractivity contribution in [2.75, 3.05) is 13.6 Å². The molecule has 0 saturated carbocycles. The number of carbonyl (C=O) groups is 1. The molecule has 1 fully saturated rings. The van der Waals surface area contributed by atoms with Crippen LogP contribution < -0.4 is 0 Å². The SMILES string of the molecule is Cc1cc(C)c(S(=O)(=O)N2CCCC2C(=O)N(C)Cc2ccccc2F)c(C)c1. The van der Waals surface area contributed by atoms with Crippen molar-refractivity contribution in [2.24, 2.45) is 0 Å². The molecule has 1 heterocycles. The minimum Gasteiger partial charge on any atom is -0.340 e. The standard InChI is InChI=1S/C22H27FN2O3S/c1-15-12-16(2)21(17(3)13-15)29(27,28)25-11-7-10-20(25)22(26)24(4)14-18-8-5-6-9-19(18)23/h5-6,8-9,12-13,20H,7,10-11,14H2,1-4H3. The smallest absolute Gasteiger partial charge is 0.244 e. The molecule has 2 aromatic rings. The molecule has 1 atom stereocenters. The molecule has 1 amide bonds. The Labute approximate surface area is 172 Å². The summed E-state index contributed by atoms with van der Waals surface area (Å²) in [6.07, 6.45) is 1.08. The number of nitrogens with zero attached hydrogens (tertiary/aromatic N) is 2. The van der Waals surface area contributed by atoms with Gasteiger partial charge in [-0.3, -0.25) is 4.79 Å². The fraction of sp³-hybridized carbons (Fsp3) is 0.409. The molecular formula is C22H27FN2O3S. The molecule has 29 heavy (non-hydrogen) atoms. The number of aryl methyl sites for hydroxylation is 3. The Hall–Kier alpha value is -2.25. The lowest BCUT2D eigenvalue weighted by molar-refractivity contribution is -0.133. The molecule has 7 heteroatoms. The van der Waals surface area contributed by atoms with Gasteiger partial charge in [0.1, 0.15) is 11.9 Å². The molecular weight excluding hydrogens is 391 g/mol. The van der Waals surface area contributed by atoms with Crippen LogP contribution in [0.5, 0.6) is 0 Å². The van der Waals surface area contributed by atoms with Crippen LogP contribution >= 0.6 is 0 Å². The summed E-state index contributed by atoms with van der Waals surface area (Å²) in [6, 6.07) is 9.21. The number of hydrogen-bond donors (Lipinski definition) is 0. The molecule has 3 rings (SSSR count). The van der Waals surface area contributed by atoms with Gasteiger partial charge in [-0.25, -0.2) is 12.8 Å². The van der Waals surface area contributed by atoms with Gasteiger partial charge in [0.05, 0.1) is 4.90 Å². The Morgan fingerprint density at radius 3 is 2.41 bits per heavy atom. The summed E-state index contributed by atoms with van der Waals surface area (Å²) in [5.41, 5.74) is 2.76. The third kappa shape index (κ3) is 4.21. The molecule has 0 N–H and O–H groups in total. The minimum atomic E-state index is -3.81. The first-order valence-electron chi connectivity index (χ1n) is 9.71. The largest absolute Gasteiger partial charge is 0.340 e. The lowest BCUT2D eigenvalue weighted by Crippen LogP contribution is -2.46. The van der Waals surface area contributed by atoms with Gasteiger partial charge in [0, 0.05) is 25.7 Å². The first-order valence-corrected chi connectivity index (χ1v) is 11.1. The van der Waals surface area contributed by atoms with Gasteiger partial charge in [0.15, 0.2) is 0 Å². The zero-order valence-corrected chi connectivity index (χ0v) is 18.1. The van der Waals surface area contributed by atoms with E-state index in [1.807, 2.05) is 19.1 Å². The molecule has 0 bridgehead atoms. The van der Waals surface area contributed by atoms with Gasteiger partial charge in [0.2, 0.25) is 15.9 Å². The summed E-state index contributed by atoms with van der Waals surface area (Å²) in [7, 11) is -2.23. The third-order valence-corrected chi connectivity index (χ3v) is 7.62. The summed E-state index contributed by atoms with van der Waals surface area (Å²) in [5, 5.41) is 0. The maximum absolute atomic E-state index is 14.0. The maximum Gasteiger partial charge on any atom is 0.244 e. The highest BCUT2D eigenvalue weighted by Crippen LogP contribution is 2.31. The van der Waals surface area contributed by atoms with E-state index < -0.39 is 16.1 Å². The van der Waals surface area contributed by atoms with Crippen LogP contribution in [0, 0.1) is 26.6 Å². The van der Waals surface area contributed by atoms with Crippen LogP contribution in [0.4, 0.5) is 4.39 Å². The van der Waals surface area contributed by atoms with E-state index in [0.717, 1.165) is 5.56 Å².